The van der Waals surface area contributed by atoms with Gasteiger partial charge >= 0.3 is 0 Å². The molecule has 0 bridgehead atoms. The van der Waals surface area contributed by atoms with E-state index in [1.165, 1.54) is 120 Å². The van der Waals surface area contributed by atoms with Gasteiger partial charge < -0.3 is 9.13 Å². The predicted octanol–water partition coefficient (Wildman–Crippen LogP) is 16.0. The van der Waals surface area contributed by atoms with Crippen molar-refractivity contribution in [2.24, 2.45) is 0 Å². The molecule has 2 aliphatic rings. The Bertz CT molecular complexity index is 3660. The van der Waals surface area contributed by atoms with E-state index in [-0.39, 0.29) is 5.41 Å². The second-order valence-electron chi connectivity index (χ2n) is 17.2. The van der Waals surface area contributed by atoms with E-state index in [1.54, 1.807) is 0 Å². The first-order valence-electron chi connectivity index (χ1n) is 21.1. The van der Waals surface area contributed by atoms with Gasteiger partial charge in [0.25, 0.3) is 0 Å². The number of nitrogens with zero attached hydrogens (tertiary/aromatic N) is 2. The second-order valence-corrected chi connectivity index (χ2v) is 18.2. The summed E-state index contributed by atoms with van der Waals surface area (Å²) in [5.41, 5.74) is 18.1. The van der Waals surface area contributed by atoms with Crippen molar-refractivity contribution in [1.29, 1.82) is 0 Å². The number of rotatable bonds is 4. The lowest BCUT2D eigenvalue weighted by Crippen LogP contribution is -2.16. The molecular weight excluding hydrogens is 745 g/mol. The molecule has 0 radical (unpaired) electrons. The summed E-state index contributed by atoms with van der Waals surface area (Å²) in [6.07, 6.45) is 6.96. The number of benzene rings is 8. The van der Waals surface area contributed by atoms with Gasteiger partial charge in [-0.05, 0) is 136 Å². The van der Waals surface area contributed by atoms with Crippen molar-refractivity contribution >= 4 is 80.7 Å². The molecule has 13 rings (SSSR count). The highest BCUT2D eigenvalue weighted by Crippen LogP contribution is 2.52. The highest BCUT2D eigenvalue weighted by Gasteiger charge is 2.38. The highest BCUT2D eigenvalue weighted by atomic mass is 32.1. The molecule has 2 aliphatic carbocycles. The zero-order valence-electron chi connectivity index (χ0n) is 33.5. The zero-order chi connectivity index (χ0) is 39.7. The van der Waals surface area contributed by atoms with Gasteiger partial charge in [0.15, 0.2) is 0 Å². The Morgan fingerprint density at radius 2 is 1.03 bits per heavy atom. The molecule has 2 nitrogen and oxygen atoms in total. The fourth-order valence-electron chi connectivity index (χ4n) is 10.7. The molecule has 60 heavy (non-hydrogen) atoms. The number of aromatic nitrogens is 2. The van der Waals surface area contributed by atoms with Gasteiger partial charge in [-0.25, -0.2) is 0 Å². The zero-order valence-corrected chi connectivity index (χ0v) is 34.4. The lowest BCUT2D eigenvalue weighted by atomic mass is 9.80. The van der Waals surface area contributed by atoms with Crippen LogP contribution in [-0.2, 0) is 5.41 Å². The molecule has 0 saturated heterocycles. The van der Waals surface area contributed by atoms with Crippen molar-refractivity contribution in [2.75, 3.05) is 0 Å². The number of fused-ring (bicyclic) bond motifs is 11. The molecule has 0 atom stereocenters. The van der Waals surface area contributed by atoms with Crippen molar-refractivity contribution in [2.45, 2.75) is 32.1 Å². The molecule has 0 spiro atoms. The van der Waals surface area contributed by atoms with Gasteiger partial charge in [0.2, 0.25) is 0 Å². The van der Waals surface area contributed by atoms with E-state index >= 15 is 0 Å². The summed E-state index contributed by atoms with van der Waals surface area (Å²) in [6.45, 7) is 4.81. The normalized spacial score (nSPS) is 14.7. The van der Waals surface area contributed by atoms with Gasteiger partial charge in [0.05, 0.1) is 22.1 Å². The summed E-state index contributed by atoms with van der Waals surface area (Å²) >= 11 is 1.90. The minimum absolute atomic E-state index is 0.0303. The Hall–Kier alpha value is -6.94. The summed E-state index contributed by atoms with van der Waals surface area (Å²) in [5.74, 6) is 0. The van der Waals surface area contributed by atoms with Crippen molar-refractivity contribution in [1.82, 2.24) is 9.13 Å². The van der Waals surface area contributed by atoms with Crippen LogP contribution in [0.1, 0.15) is 37.8 Å². The summed E-state index contributed by atoms with van der Waals surface area (Å²) in [5, 5.41) is 7.78. The quantitative estimate of drug-likeness (QED) is 0.168. The highest BCUT2D eigenvalue weighted by molar-refractivity contribution is 7.26. The molecule has 11 aromatic rings. The molecule has 3 heteroatoms. The SMILES string of the molecule is CC1(C)C2=C(CCC=C2)c2cc3c4cc(-c5ccc6c(c5)c5cc(-c7cccc8c7sc7ccccc78)ccc5n6-c5ccccc5)ccc4n(-c4ccccc4)c3cc21. The van der Waals surface area contributed by atoms with E-state index in [2.05, 4.69) is 205 Å². The van der Waals surface area contributed by atoms with Crippen molar-refractivity contribution in [3.05, 3.63) is 199 Å². The smallest absolute Gasteiger partial charge is 0.0544 e. The van der Waals surface area contributed by atoms with Crippen LogP contribution >= 0.6 is 11.3 Å². The number of thiophene rings is 1. The third kappa shape index (κ3) is 4.75. The lowest BCUT2D eigenvalue weighted by Gasteiger charge is -2.24. The maximum absolute atomic E-state index is 2.52. The van der Waals surface area contributed by atoms with Crippen molar-refractivity contribution < 1.29 is 0 Å². The predicted molar refractivity (Wildman–Crippen MR) is 257 cm³/mol. The Balaban J connectivity index is 1.04. The average Bonchev–Trinajstić information content (AvgIpc) is 4.01. The summed E-state index contributed by atoms with van der Waals surface area (Å²) in [7, 11) is 0. The molecule has 0 N–H and O–H groups in total. The molecule has 0 saturated carbocycles. The van der Waals surface area contributed by atoms with E-state index < -0.39 is 0 Å². The monoisotopic (exact) mass is 784 g/mol. The fraction of sp³-hybridized carbons (Fsp3) is 0.0877. The Morgan fingerprint density at radius 1 is 0.467 bits per heavy atom. The van der Waals surface area contributed by atoms with Gasteiger partial charge in [-0.2, -0.15) is 0 Å². The Morgan fingerprint density at radius 3 is 1.72 bits per heavy atom. The number of allylic oxidation sites excluding steroid dienone is 4. The average molecular weight is 785 g/mol. The Labute approximate surface area is 352 Å². The molecule has 3 aromatic heterocycles. The van der Waals surface area contributed by atoms with Gasteiger partial charge in [-0.1, -0.05) is 117 Å². The third-order valence-electron chi connectivity index (χ3n) is 13.6. The van der Waals surface area contributed by atoms with Crippen molar-refractivity contribution in [3.8, 4) is 33.6 Å². The van der Waals surface area contributed by atoms with Gasteiger partial charge in [0.1, 0.15) is 0 Å². The van der Waals surface area contributed by atoms with Crippen LogP contribution < -0.4 is 0 Å². The molecule has 8 aromatic carbocycles. The molecule has 0 aliphatic heterocycles. The van der Waals surface area contributed by atoms with Crippen LogP contribution in [0.2, 0.25) is 0 Å². The van der Waals surface area contributed by atoms with Crippen molar-refractivity contribution in [3.63, 3.8) is 0 Å². The van der Waals surface area contributed by atoms with Crippen LogP contribution in [0.15, 0.2) is 188 Å². The number of hydrogen-bond donors (Lipinski definition) is 0. The van der Waals surface area contributed by atoms with E-state index in [1.807, 2.05) is 11.3 Å². The lowest BCUT2D eigenvalue weighted by molar-refractivity contribution is 0.652. The largest absolute Gasteiger partial charge is 0.309 e. The molecule has 0 fully saturated rings. The van der Waals surface area contributed by atoms with E-state index in [0.29, 0.717) is 0 Å². The maximum Gasteiger partial charge on any atom is 0.0544 e. The van der Waals surface area contributed by atoms with Gasteiger partial charge in [-0.15, -0.1) is 11.3 Å². The first-order valence-corrected chi connectivity index (χ1v) is 22.0. The molecule has 0 unspecified atom stereocenters. The first-order chi connectivity index (χ1) is 29.5. The van der Waals surface area contributed by atoms with Gasteiger partial charge in [0, 0.05) is 58.5 Å². The third-order valence-corrected chi connectivity index (χ3v) is 14.8. The van der Waals surface area contributed by atoms with Gasteiger partial charge in [-0.3, -0.25) is 0 Å². The topological polar surface area (TPSA) is 9.86 Å². The van der Waals surface area contributed by atoms with E-state index in [4.69, 9.17) is 0 Å². The van der Waals surface area contributed by atoms with Crippen LogP contribution in [0.5, 0.6) is 0 Å². The standard InChI is InChI=1S/C57H40N2S/c1-57(2)49-22-11-9-18-41(49)44-33-48-46-31-36(25-28-53(46)59(54(48)34-50(44)57)39-16-7-4-8-17-39)35-24-27-51-45(30-35)47-32-37(26-29-52(47)58(51)38-14-5-3-6-15-38)40-20-13-21-43-42-19-10-12-23-55(42)60-56(40)43/h3-8,10-17,19-34H,9,18H2,1-2H3. The maximum atomic E-state index is 2.52. The fourth-order valence-corrected chi connectivity index (χ4v) is 12.0. The van der Waals surface area contributed by atoms with E-state index in [0.717, 1.165) is 12.8 Å². The minimum atomic E-state index is -0.0303. The van der Waals surface area contributed by atoms with Crippen LogP contribution in [-0.4, -0.2) is 9.13 Å². The summed E-state index contributed by atoms with van der Waals surface area (Å²) in [4.78, 5) is 0. The summed E-state index contributed by atoms with van der Waals surface area (Å²) in [6, 6.07) is 63.6. The van der Waals surface area contributed by atoms with E-state index in [9.17, 15) is 0 Å². The van der Waals surface area contributed by atoms with Crippen LogP contribution in [0, 0.1) is 0 Å². The first kappa shape index (κ1) is 34.0. The second kappa shape index (κ2) is 12.5. The molecule has 0 amide bonds. The van der Waals surface area contributed by atoms with Crippen LogP contribution in [0.4, 0.5) is 0 Å². The minimum Gasteiger partial charge on any atom is -0.309 e. The van der Waals surface area contributed by atoms with Crippen LogP contribution in [0.25, 0.3) is 103 Å². The number of hydrogen-bond acceptors (Lipinski definition) is 1. The molecule has 284 valence electrons. The Kier molecular flexibility index (Phi) is 7.10. The molecule has 3 heterocycles. The molecular formula is C57H40N2S. The number of para-hydroxylation sites is 2. The van der Waals surface area contributed by atoms with Crippen LogP contribution in [0.3, 0.4) is 0 Å². The summed E-state index contributed by atoms with van der Waals surface area (Å²) < 4.78 is 7.58.